The monoisotopic (exact) mass is 313 g/mol. The minimum atomic E-state index is -0.502. The highest BCUT2D eigenvalue weighted by Gasteiger charge is 2.19. The molecule has 1 aromatic rings. The first-order chi connectivity index (χ1) is 9.36. The first-order valence-corrected chi connectivity index (χ1v) is 6.87. The first-order valence-electron chi connectivity index (χ1n) is 6.87. The SMILES string of the molecule is CCC(C)C(N)C(=O)NCc1ccc(C(C)=O)c(C)n1.Cl. The number of rotatable bonds is 6. The summed E-state index contributed by atoms with van der Waals surface area (Å²) < 4.78 is 0. The highest BCUT2D eigenvalue weighted by Crippen LogP contribution is 2.08. The van der Waals surface area contributed by atoms with Gasteiger partial charge in [-0.05, 0) is 31.9 Å². The maximum atomic E-state index is 11.9. The van der Waals surface area contributed by atoms with Gasteiger partial charge in [0.25, 0.3) is 0 Å². The molecule has 5 nitrogen and oxygen atoms in total. The van der Waals surface area contributed by atoms with E-state index in [0.717, 1.165) is 12.1 Å². The molecular weight excluding hydrogens is 290 g/mol. The summed E-state index contributed by atoms with van der Waals surface area (Å²) in [4.78, 5) is 27.5. The molecule has 0 radical (unpaired) electrons. The third-order valence-corrected chi connectivity index (χ3v) is 3.53. The third kappa shape index (κ3) is 5.44. The number of nitrogens with one attached hydrogen (secondary N) is 1. The zero-order chi connectivity index (χ0) is 15.3. The van der Waals surface area contributed by atoms with Crippen molar-refractivity contribution in [3.05, 3.63) is 29.1 Å². The number of aromatic nitrogens is 1. The highest BCUT2D eigenvalue weighted by molar-refractivity contribution is 5.95. The van der Waals surface area contributed by atoms with E-state index in [-0.39, 0.29) is 30.0 Å². The number of nitrogens with zero attached hydrogens (tertiary/aromatic N) is 1. The van der Waals surface area contributed by atoms with Crippen molar-refractivity contribution in [2.45, 2.75) is 46.7 Å². The second-order valence-electron chi connectivity index (χ2n) is 5.12. The molecular formula is C15H24ClN3O2. The van der Waals surface area contributed by atoms with Gasteiger partial charge in [-0.2, -0.15) is 0 Å². The van der Waals surface area contributed by atoms with Crippen LogP contribution in [0.2, 0.25) is 0 Å². The Labute approximate surface area is 132 Å². The minimum absolute atomic E-state index is 0. The molecule has 0 aromatic carbocycles. The molecule has 21 heavy (non-hydrogen) atoms. The second kappa shape index (κ2) is 8.74. The molecule has 0 fully saturated rings. The van der Waals surface area contributed by atoms with Crippen LogP contribution in [0.3, 0.4) is 0 Å². The molecule has 0 aliphatic rings. The number of pyridine rings is 1. The highest BCUT2D eigenvalue weighted by atomic mass is 35.5. The van der Waals surface area contributed by atoms with E-state index >= 15 is 0 Å². The van der Waals surface area contributed by atoms with E-state index < -0.39 is 6.04 Å². The summed E-state index contributed by atoms with van der Waals surface area (Å²) in [5.41, 5.74) is 7.86. The molecule has 2 atom stereocenters. The quantitative estimate of drug-likeness (QED) is 0.787. The summed E-state index contributed by atoms with van der Waals surface area (Å²) in [7, 11) is 0. The number of Topliss-reactive ketones (excluding diaryl/α,β-unsaturated/α-hetero) is 1. The predicted molar refractivity (Wildman–Crippen MR) is 85.5 cm³/mol. The molecule has 3 N–H and O–H groups in total. The summed E-state index contributed by atoms with van der Waals surface area (Å²) in [5.74, 6) is -0.0383. The number of carbonyl (C=O) groups is 2. The normalized spacial score (nSPS) is 13.0. The smallest absolute Gasteiger partial charge is 0.237 e. The van der Waals surface area contributed by atoms with Crippen LogP contribution in [0.25, 0.3) is 0 Å². The van der Waals surface area contributed by atoms with E-state index in [2.05, 4.69) is 10.3 Å². The number of nitrogens with two attached hydrogens (primary N) is 1. The molecule has 0 spiro atoms. The fourth-order valence-corrected chi connectivity index (χ4v) is 1.89. The van der Waals surface area contributed by atoms with Gasteiger partial charge < -0.3 is 11.1 Å². The van der Waals surface area contributed by atoms with E-state index in [1.807, 2.05) is 13.8 Å². The Kier molecular flexibility index (Phi) is 8.14. The van der Waals surface area contributed by atoms with Gasteiger partial charge in [0.05, 0.1) is 18.3 Å². The molecule has 1 heterocycles. The van der Waals surface area contributed by atoms with Crippen molar-refractivity contribution in [1.29, 1.82) is 0 Å². The summed E-state index contributed by atoms with van der Waals surface area (Å²) in [6, 6.07) is 2.98. The predicted octanol–water partition coefficient (Wildman–Crippen LogP) is 2.00. The van der Waals surface area contributed by atoms with Gasteiger partial charge in [0.2, 0.25) is 5.91 Å². The van der Waals surface area contributed by atoms with E-state index in [1.165, 1.54) is 6.92 Å². The number of hydrogen-bond acceptors (Lipinski definition) is 4. The van der Waals surface area contributed by atoms with Gasteiger partial charge in [-0.3, -0.25) is 14.6 Å². The van der Waals surface area contributed by atoms with Crippen LogP contribution in [0.5, 0.6) is 0 Å². The fraction of sp³-hybridized carbons (Fsp3) is 0.533. The van der Waals surface area contributed by atoms with Crippen LogP contribution < -0.4 is 11.1 Å². The summed E-state index contributed by atoms with van der Waals surface area (Å²) in [5, 5.41) is 2.78. The van der Waals surface area contributed by atoms with Crippen LogP contribution in [0.15, 0.2) is 12.1 Å². The zero-order valence-corrected chi connectivity index (χ0v) is 13.8. The van der Waals surface area contributed by atoms with Gasteiger partial charge in [0, 0.05) is 11.3 Å². The maximum absolute atomic E-state index is 11.9. The average Bonchev–Trinajstić information content (AvgIpc) is 2.42. The van der Waals surface area contributed by atoms with Crippen LogP contribution >= 0.6 is 12.4 Å². The maximum Gasteiger partial charge on any atom is 0.237 e. The lowest BCUT2D eigenvalue weighted by atomic mass is 9.99. The van der Waals surface area contributed by atoms with Crippen LogP contribution in [-0.2, 0) is 11.3 Å². The molecule has 2 unspecified atom stereocenters. The molecule has 0 saturated heterocycles. The van der Waals surface area contributed by atoms with Crippen LogP contribution in [0, 0.1) is 12.8 Å². The van der Waals surface area contributed by atoms with Crippen molar-refractivity contribution in [3.63, 3.8) is 0 Å². The molecule has 0 aliphatic carbocycles. The Bertz CT molecular complexity index is 506. The van der Waals surface area contributed by atoms with Crippen LogP contribution in [0.4, 0.5) is 0 Å². The first kappa shape index (κ1) is 19.5. The van der Waals surface area contributed by atoms with E-state index in [9.17, 15) is 9.59 Å². The zero-order valence-electron chi connectivity index (χ0n) is 13.0. The number of halogens is 1. The van der Waals surface area contributed by atoms with Gasteiger partial charge in [0.15, 0.2) is 5.78 Å². The Morgan fingerprint density at radius 2 is 2.00 bits per heavy atom. The molecule has 1 rings (SSSR count). The molecule has 1 aromatic heterocycles. The van der Waals surface area contributed by atoms with Crippen molar-refractivity contribution < 1.29 is 9.59 Å². The number of hydrogen-bond donors (Lipinski definition) is 2. The summed E-state index contributed by atoms with van der Waals surface area (Å²) in [6.07, 6.45) is 0.860. The van der Waals surface area contributed by atoms with Crippen LogP contribution in [0.1, 0.15) is 48.9 Å². The summed E-state index contributed by atoms with van der Waals surface area (Å²) >= 11 is 0. The van der Waals surface area contributed by atoms with Gasteiger partial charge in [0.1, 0.15) is 0 Å². The molecule has 118 valence electrons. The second-order valence-corrected chi connectivity index (χ2v) is 5.12. The lowest BCUT2D eigenvalue weighted by Crippen LogP contribution is -2.44. The van der Waals surface area contributed by atoms with Crippen molar-refractivity contribution >= 4 is 24.1 Å². The lowest BCUT2D eigenvalue weighted by molar-refractivity contribution is -0.123. The number of ketones is 1. The van der Waals surface area contributed by atoms with Crippen molar-refractivity contribution in [3.8, 4) is 0 Å². The van der Waals surface area contributed by atoms with Gasteiger partial charge >= 0.3 is 0 Å². The fourth-order valence-electron chi connectivity index (χ4n) is 1.89. The molecule has 0 saturated carbocycles. The van der Waals surface area contributed by atoms with Crippen molar-refractivity contribution in [1.82, 2.24) is 10.3 Å². The van der Waals surface area contributed by atoms with E-state index in [0.29, 0.717) is 17.8 Å². The molecule has 0 bridgehead atoms. The number of carbonyl (C=O) groups excluding carboxylic acids is 2. The molecule has 1 amide bonds. The average molecular weight is 314 g/mol. The summed E-state index contributed by atoms with van der Waals surface area (Å²) in [6.45, 7) is 7.57. The third-order valence-electron chi connectivity index (χ3n) is 3.53. The Balaban J connectivity index is 0.00000400. The standard InChI is InChI=1S/C15H23N3O2.ClH/c1-5-9(2)14(16)15(20)17-8-12-6-7-13(11(4)19)10(3)18-12;/h6-7,9,14H,5,8,16H2,1-4H3,(H,17,20);1H. The van der Waals surface area contributed by atoms with Gasteiger partial charge in [-0.25, -0.2) is 0 Å². The van der Waals surface area contributed by atoms with Gasteiger partial charge in [-0.15, -0.1) is 12.4 Å². The molecule has 0 aliphatic heterocycles. The largest absolute Gasteiger partial charge is 0.349 e. The van der Waals surface area contributed by atoms with E-state index in [1.54, 1.807) is 19.1 Å². The van der Waals surface area contributed by atoms with Crippen LogP contribution in [-0.4, -0.2) is 22.7 Å². The molecule has 6 heteroatoms. The van der Waals surface area contributed by atoms with Crippen molar-refractivity contribution in [2.75, 3.05) is 0 Å². The Hall–Kier alpha value is -1.46. The Morgan fingerprint density at radius 3 is 2.48 bits per heavy atom. The van der Waals surface area contributed by atoms with E-state index in [4.69, 9.17) is 5.73 Å². The van der Waals surface area contributed by atoms with Crippen molar-refractivity contribution in [2.24, 2.45) is 11.7 Å². The van der Waals surface area contributed by atoms with Gasteiger partial charge in [-0.1, -0.05) is 20.3 Å². The number of aryl methyl sites for hydroxylation is 1. The number of amides is 1. The Morgan fingerprint density at radius 1 is 1.38 bits per heavy atom. The lowest BCUT2D eigenvalue weighted by Gasteiger charge is -2.17. The minimum Gasteiger partial charge on any atom is -0.349 e. The topological polar surface area (TPSA) is 85.1 Å².